The standard InChI is InChI=1S/C39H23N5/c40-21-32-27-12-7-19-41-38(27)43-39(42-32)29-18-17-24-23-9-2-1-8-22(23)15-16-25(24)30-20-31-26-10-3-5-13-33(26)44-34-14-6-4-11-28(34)36(35(29)30)37(31)44/h1-16,19-20,29H,17-18H2. The summed E-state index contributed by atoms with van der Waals surface area (Å²) < 4.78 is 2.43. The zero-order valence-electron chi connectivity index (χ0n) is 23.6. The molecule has 0 saturated heterocycles. The van der Waals surface area contributed by atoms with Crippen LogP contribution in [0.5, 0.6) is 0 Å². The number of aromatic nitrogens is 4. The molecule has 1 aliphatic rings. The van der Waals surface area contributed by atoms with Gasteiger partial charge in [0.25, 0.3) is 0 Å². The smallest absolute Gasteiger partial charge is 0.164 e. The Morgan fingerprint density at radius 3 is 2.32 bits per heavy atom. The quantitative estimate of drug-likeness (QED) is 0.201. The number of aryl methyl sites for hydroxylation is 1. The largest absolute Gasteiger partial charge is 0.308 e. The second-order valence-corrected chi connectivity index (χ2v) is 11.8. The van der Waals surface area contributed by atoms with E-state index in [0.29, 0.717) is 22.6 Å². The molecule has 1 atom stereocenters. The fourth-order valence-electron chi connectivity index (χ4n) is 7.90. The molecule has 0 aliphatic heterocycles. The van der Waals surface area contributed by atoms with Crippen molar-refractivity contribution in [3.63, 3.8) is 0 Å². The van der Waals surface area contributed by atoms with Gasteiger partial charge in [0, 0.05) is 33.7 Å². The summed E-state index contributed by atoms with van der Waals surface area (Å²) in [6.07, 6.45) is 3.42. The Morgan fingerprint density at radius 1 is 0.705 bits per heavy atom. The van der Waals surface area contributed by atoms with Gasteiger partial charge in [-0.3, -0.25) is 0 Å². The van der Waals surface area contributed by atoms with Crippen LogP contribution < -0.4 is 0 Å². The van der Waals surface area contributed by atoms with E-state index in [2.05, 4.69) is 106 Å². The average molecular weight is 562 g/mol. The van der Waals surface area contributed by atoms with Gasteiger partial charge in [-0.15, -0.1) is 0 Å². The summed E-state index contributed by atoms with van der Waals surface area (Å²) in [4.78, 5) is 14.6. The highest BCUT2D eigenvalue weighted by Crippen LogP contribution is 2.51. The molecular formula is C39H23N5. The van der Waals surface area contributed by atoms with E-state index < -0.39 is 0 Å². The van der Waals surface area contributed by atoms with E-state index in [1.54, 1.807) is 6.20 Å². The fourth-order valence-corrected chi connectivity index (χ4v) is 7.90. The highest BCUT2D eigenvalue weighted by molar-refractivity contribution is 6.26. The molecule has 0 N–H and O–H groups in total. The molecule has 4 heterocycles. The number of para-hydroxylation sites is 2. The summed E-state index contributed by atoms with van der Waals surface area (Å²) in [5.41, 5.74) is 9.66. The van der Waals surface area contributed by atoms with Gasteiger partial charge < -0.3 is 4.40 Å². The summed E-state index contributed by atoms with van der Waals surface area (Å²) in [5, 5.41) is 18.4. The number of fused-ring (bicyclic) bond motifs is 13. The molecule has 0 radical (unpaired) electrons. The Hall–Kier alpha value is -5.86. The van der Waals surface area contributed by atoms with Crippen LogP contribution in [-0.2, 0) is 6.42 Å². The molecule has 1 unspecified atom stereocenters. The van der Waals surface area contributed by atoms with Crippen LogP contribution in [0.2, 0.25) is 0 Å². The van der Waals surface area contributed by atoms with Gasteiger partial charge in [-0.25, -0.2) is 15.0 Å². The predicted octanol–water partition coefficient (Wildman–Crippen LogP) is 8.94. The molecule has 0 fully saturated rings. The zero-order valence-corrected chi connectivity index (χ0v) is 23.6. The van der Waals surface area contributed by atoms with E-state index in [-0.39, 0.29) is 5.92 Å². The topological polar surface area (TPSA) is 66.9 Å². The number of nitriles is 1. The molecule has 1 aliphatic carbocycles. The summed E-state index contributed by atoms with van der Waals surface area (Å²) in [5.74, 6) is 0.528. The number of hydrogen-bond donors (Lipinski definition) is 0. The highest BCUT2D eigenvalue weighted by atomic mass is 15.0. The van der Waals surface area contributed by atoms with Crippen molar-refractivity contribution in [3.05, 3.63) is 132 Å². The number of benzene rings is 5. The van der Waals surface area contributed by atoms with Crippen molar-refractivity contribution in [1.29, 1.82) is 5.26 Å². The zero-order chi connectivity index (χ0) is 28.9. The molecule has 204 valence electrons. The first-order chi connectivity index (χ1) is 21.8. The van der Waals surface area contributed by atoms with Crippen LogP contribution in [0.25, 0.3) is 71.0 Å². The minimum atomic E-state index is -0.133. The molecular weight excluding hydrogens is 538 g/mol. The molecule has 10 rings (SSSR count). The van der Waals surface area contributed by atoms with Crippen LogP contribution in [0.15, 0.2) is 109 Å². The van der Waals surface area contributed by atoms with Crippen LogP contribution in [0.3, 0.4) is 0 Å². The fraction of sp³-hybridized carbons (Fsp3) is 0.0769. The summed E-state index contributed by atoms with van der Waals surface area (Å²) in [6, 6.07) is 39.2. The normalized spacial score (nSPS) is 14.8. The van der Waals surface area contributed by atoms with Crippen LogP contribution >= 0.6 is 0 Å². The Balaban J connectivity index is 1.42. The first-order valence-electron chi connectivity index (χ1n) is 15.0. The Labute approximate surface area is 252 Å². The molecule has 0 saturated carbocycles. The maximum atomic E-state index is 10.2. The Kier molecular flexibility index (Phi) is 4.62. The number of pyridine rings is 1. The van der Waals surface area contributed by atoms with Crippen molar-refractivity contribution in [2.75, 3.05) is 0 Å². The summed E-state index contributed by atoms with van der Waals surface area (Å²) >= 11 is 0. The van der Waals surface area contributed by atoms with Gasteiger partial charge in [0.1, 0.15) is 11.9 Å². The van der Waals surface area contributed by atoms with E-state index >= 15 is 0 Å². The third kappa shape index (κ3) is 2.99. The summed E-state index contributed by atoms with van der Waals surface area (Å²) in [7, 11) is 0. The van der Waals surface area contributed by atoms with Crippen molar-refractivity contribution in [2.24, 2.45) is 0 Å². The van der Waals surface area contributed by atoms with Crippen molar-refractivity contribution in [2.45, 2.75) is 18.8 Å². The summed E-state index contributed by atoms with van der Waals surface area (Å²) in [6.45, 7) is 0. The molecule has 0 spiro atoms. The lowest BCUT2D eigenvalue weighted by Crippen LogP contribution is -2.10. The molecule has 4 aromatic heterocycles. The van der Waals surface area contributed by atoms with Gasteiger partial charge in [0.05, 0.1) is 21.9 Å². The van der Waals surface area contributed by atoms with Crippen molar-refractivity contribution >= 4 is 59.9 Å². The Morgan fingerprint density at radius 2 is 1.45 bits per heavy atom. The molecule has 0 bridgehead atoms. The van der Waals surface area contributed by atoms with E-state index in [1.807, 2.05) is 12.1 Å². The minimum Gasteiger partial charge on any atom is -0.308 e. The van der Waals surface area contributed by atoms with E-state index in [4.69, 9.17) is 9.97 Å². The van der Waals surface area contributed by atoms with Crippen molar-refractivity contribution in [3.8, 4) is 17.2 Å². The molecule has 5 nitrogen and oxygen atoms in total. The van der Waals surface area contributed by atoms with Gasteiger partial charge in [0.2, 0.25) is 0 Å². The molecule has 5 heteroatoms. The average Bonchev–Trinajstić information content (AvgIpc) is 3.53. The van der Waals surface area contributed by atoms with E-state index in [9.17, 15) is 5.26 Å². The highest BCUT2D eigenvalue weighted by Gasteiger charge is 2.33. The monoisotopic (exact) mass is 561 g/mol. The first kappa shape index (κ1) is 23.7. The molecule has 44 heavy (non-hydrogen) atoms. The lowest BCUT2D eigenvalue weighted by atomic mass is 9.85. The first-order valence-corrected chi connectivity index (χ1v) is 15.0. The lowest BCUT2D eigenvalue weighted by molar-refractivity contribution is 0.687. The Bertz CT molecular complexity index is 2690. The second kappa shape index (κ2) is 8.59. The maximum Gasteiger partial charge on any atom is 0.164 e. The number of hydrogen-bond acceptors (Lipinski definition) is 4. The third-order valence-corrected chi connectivity index (χ3v) is 9.68. The molecule has 5 aromatic carbocycles. The number of rotatable bonds is 1. The van der Waals surface area contributed by atoms with Crippen molar-refractivity contribution < 1.29 is 0 Å². The number of nitrogens with zero attached hydrogens (tertiary/aromatic N) is 5. The van der Waals surface area contributed by atoms with Gasteiger partial charge >= 0.3 is 0 Å². The minimum absolute atomic E-state index is 0.133. The van der Waals surface area contributed by atoms with Crippen LogP contribution in [0.4, 0.5) is 0 Å². The van der Waals surface area contributed by atoms with Gasteiger partial charge in [-0.05, 0) is 76.2 Å². The SMILES string of the molecule is N#Cc1nc(C2CCc3c(ccc4ccccc34)-c3cc4c5ccccc5n5c6ccccc6c(c32)c45)nc2ncccc12. The van der Waals surface area contributed by atoms with E-state index in [1.165, 1.54) is 71.1 Å². The second-order valence-electron chi connectivity index (χ2n) is 11.8. The maximum absolute atomic E-state index is 10.2. The predicted molar refractivity (Wildman–Crippen MR) is 176 cm³/mol. The third-order valence-electron chi connectivity index (χ3n) is 9.68. The van der Waals surface area contributed by atoms with Crippen LogP contribution in [0.1, 0.15) is 35.0 Å². The van der Waals surface area contributed by atoms with Crippen molar-refractivity contribution in [1.82, 2.24) is 19.4 Å². The van der Waals surface area contributed by atoms with E-state index in [0.717, 1.165) is 12.8 Å². The van der Waals surface area contributed by atoms with Gasteiger partial charge in [-0.1, -0.05) is 72.8 Å². The lowest BCUT2D eigenvalue weighted by Gasteiger charge is -2.20. The molecule has 9 aromatic rings. The van der Waals surface area contributed by atoms with Gasteiger partial charge in [0.15, 0.2) is 11.3 Å². The molecule has 0 amide bonds. The van der Waals surface area contributed by atoms with Crippen LogP contribution in [0, 0.1) is 11.3 Å². The van der Waals surface area contributed by atoms with Gasteiger partial charge in [-0.2, -0.15) is 5.26 Å². The van der Waals surface area contributed by atoms with Crippen LogP contribution in [-0.4, -0.2) is 19.4 Å².